The molecule has 3 amide bonds. The molecular weight excluding hydrogens is 518 g/mol. The Bertz CT molecular complexity index is 1740. The first-order valence-electron chi connectivity index (χ1n) is 14.2. The fourth-order valence-electron chi connectivity index (χ4n) is 6.63. The van der Waals surface area contributed by atoms with Crippen LogP contribution in [0.15, 0.2) is 55.0 Å². The van der Waals surface area contributed by atoms with Crippen molar-refractivity contribution in [3.8, 4) is 0 Å². The SMILES string of the molecule is CN1CCC(CN(C)C(=O)C2Cn3ccc4c(C5=C(c6cnc7ccccn67)C(=O)NC5=O)ccc(c43)CN2)CC1. The summed E-state index contributed by atoms with van der Waals surface area (Å²) in [6.07, 6.45) is 7.67. The van der Waals surface area contributed by atoms with E-state index in [0.29, 0.717) is 47.1 Å². The summed E-state index contributed by atoms with van der Waals surface area (Å²) in [7, 11) is 4.06. The molecule has 0 spiro atoms. The third kappa shape index (κ3) is 4.34. The Balaban J connectivity index is 1.22. The Hall–Kier alpha value is -4.28. The normalized spacial score (nSPS) is 20.2. The molecule has 0 aliphatic carbocycles. The minimum absolute atomic E-state index is 0.0946. The second-order valence-electron chi connectivity index (χ2n) is 11.5. The van der Waals surface area contributed by atoms with Gasteiger partial charge in [0.25, 0.3) is 11.8 Å². The lowest BCUT2D eigenvalue weighted by molar-refractivity contribution is -0.133. The van der Waals surface area contributed by atoms with Crippen molar-refractivity contribution >= 4 is 45.4 Å². The van der Waals surface area contributed by atoms with E-state index in [1.165, 1.54) is 0 Å². The van der Waals surface area contributed by atoms with Crippen LogP contribution < -0.4 is 10.6 Å². The summed E-state index contributed by atoms with van der Waals surface area (Å²) in [6, 6.07) is 11.1. The molecule has 1 unspecified atom stereocenters. The summed E-state index contributed by atoms with van der Waals surface area (Å²) < 4.78 is 3.92. The third-order valence-corrected chi connectivity index (χ3v) is 8.85. The molecule has 1 saturated heterocycles. The smallest absolute Gasteiger partial charge is 0.261 e. The first-order chi connectivity index (χ1) is 19.9. The molecule has 6 heterocycles. The molecule has 210 valence electrons. The number of likely N-dealkylation sites (N-methyl/N-ethyl adjacent to an activating group) is 1. The summed E-state index contributed by atoms with van der Waals surface area (Å²) in [5.41, 5.74) is 4.63. The first kappa shape index (κ1) is 25.7. The Morgan fingerprint density at radius 2 is 1.85 bits per heavy atom. The predicted octanol–water partition coefficient (Wildman–Crippen LogP) is 2.13. The van der Waals surface area contributed by atoms with Gasteiger partial charge in [-0.05, 0) is 68.2 Å². The molecule has 41 heavy (non-hydrogen) atoms. The molecule has 2 N–H and O–H groups in total. The maximum absolute atomic E-state index is 13.6. The molecule has 1 aromatic carbocycles. The highest BCUT2D eigenvalue weighted by molar-refractivity contribution is 6.49. The van der Waals surface area contributed by atoms with Gasteiger partial charge in [0, 0.05) is 44.5 Å². The van der Waals surface area contributed by atoms with Gasteiger partial charge in [-0.3, -0.25) is 24.1 Å². The highest BCUT2D eigenvalue weighted by Gasteiger charge is 2.36. The van der Waals surface area contributed by atoms with Crippen LogP contribution in [0, 0.1) is 5.92 Å². The number of nitrogens with zero attached hydrogens (tertiary/aromatic N) is 5. The van der Waals surface area contributed by atoms with E-state index in [1.807, 2.05) is 65.1 Å². The average molecular weight is 552 g/mol. The van der Waals surface area contributed by atoms with Crippen molar-refractivity contribution in [2.75, 3.05) is 33.7 Å². The first-order valence-corrected chi connectivity index (χ1v) is 14.2. The number of aromatic nitrogens is 3. The van der Waals surface area contributed by atoms with Crippen molar-refractivity contribution in [3.63, 3.8) is 0 Å². The van der Waals surface area contributed by atoms with Crippen LogP contribution in [-0.4, -0.2) is 81.2 Å². The van der Waals surface area contributed by atoms with Gasteiger partial charge in [-0.15, -0.1) is 0 Å². The van der Waals surface area contributed by atoms with Gasteiger partial charge in [0.1, 0.15) is 11.7 Å². The molecule has 1 atom stereocenters. The van der Waals surface area contributed by atoms with Gasteiger partial charge in [-0.2, -0.15) is 0 Å². The topological polar surface area (TPSA) is 104 Å². The van der Waals surface area contributed by atoms with E-state index in [2.05, 4.69) is 32.1 Å². The lowest BCUT2D eigenvalue weighted by Gasteiger charge is -2.33. The maximum atomic E-state index is 13.6. The second kappa shape index (κ2) is 9.97. The molecule has 3 aliphatic heterocycles. The number of fused-ring (bicyclic) bond motifs is 1. The molecule has 3 aliphatic rings. The molecule has 0 saturated carbocycles. The van der Waals surface area contributed by atoms with Crippen molar-refractivity contribution in [2.24, 2.45) is 5.92 Å². The number of nitrogens with one attached hydrogen (secondary N) is 2. The van der Waals surface area contributed by atoms with Crippen molar-refractivity contribution in [1.29, 1.82) is 0 Å². The molecular formula is C31H33N7O3. The molecule has 1 fully saturated rings. The summed E-state index contributed by atoms with van der Waals surface area (Å²) in [5, 5.41) is 6.86. The standard InChI is InChI=1S/C31H33N7O3/c1-35-12-8-19(9-13-35)17-36(2)31(41)23-18-37-14-10-22-21(7-6-20(15-32-23)28(22)37)26-27(30(40)34-29(26)39)24-16-33-25-5-3-4-11-38(24)25/h3-7,10-11,14,16,19,23,32H,8-9,12-13,15,17-18H2,1-2H3,(H,34,39,40). The van der Waals surface area contributed by atoms with Gasteiger partial charge in [0.05, 0.1) is 28.6 Å². The van der Waals surface area contributed by atoms with E-state index in [0.717, 1.165) is 48.9 Å². The number of imide groups is 1. The summed E-state index contributed by atoms with van der Waals surface area (Å²) >= 11 is 0. The van der Waals surface area contributed by atoms with Gasteiger partial charge in [-0.1, -0.05) is 18.2 Å². The highest BCUT2D eigenvalue weighted by Crippen LogP contribution is 2.37. The van der Waals surface area contributed by atoms with Gasteiger partial charge in [-0.25, -0.2) is 4.98 Å². The molecule has 3 aromatic heterocycles. The fourth-order valence-corrected chi connectivity index (χ4v) is 6.63. The van der Waals surface area contributed by atoms with E-state index in [-0.39, 0.29) is 11.9 Å². The van der Waals surface area contributed by atoms with Crippen LogP contribution in [0.2, 0.25) is 0 Å². The highest BCUT2D eigenvalue weighted by atomic mass is 16.2. The van der Waals surface area contributed by atoms with Gasteiger partial charge in [0.2, 0.25) is 5.91 Å². The van der Waals surface area contributed by atoms with Crippen LogP contribution in [0.1, 0.15) is 29.7 Å². The van der Waals surface area contributed by atoms with Gasteiger partial charge >= 0.3 is 0 Å². The second-order valence-corrected chi connectivity index (χ2v) is 11.5. The largest absolute Gasteiger partial charge is 0.345 e. The van der Waals surface area contributed by atoms with Crippen molar-refractivity contribution in [2.45, 2.75) is 32.0 Å². The number of amides is 3. The molecule has 4 aromatic rings. The number of carbonyl (C=O) groups is 3. The van der Waals surface area contributed by atoms with Crippen LogP contribution in [0.3, 0.4) is 0 Å². The Kier molecular flexibility index (Phi) is 6.24. The van der Waals surface area contributed by atoms with Crippen LogP contribution in [0.5, 0.6) is 0 Å². The number of carbonyl (C=O) groups excluding carboxylic acids is 3. The molecule has 10 nitrogen and oxygen atoms in total. The van der Waals surface area contributed by atoms with E-state index >= 15 is 0 Å². The lowest BCUT2D eigenvalue weighted by atomic mass is 9.95. The van der Waals surface area contributed by atoms with Crippen molar-refractivity contribution in [1.82, 2.24) is 34.4 Å². The number of pyridine rings is 1. The average Bonchev–Trinajstić information content (AvgIpc) is 3.62. The number of likely N-dealkylation sites (tertiary alicyclic amines) is 1. The maximum Gasteiger partial charge on any atom is 0.261 e. The number of benzene rings is 1. The van der Waals surface area contributed by atoms with E-state index in [4.69, 9.17) is 0 Å². The number of hydrogen-bond donors (Lipinski definition) is 2. The molecule has 0 radical (unpaired) electrons. The van der Waals surface area contributed by atoms with Crippen LogP contribution in [0.25, 0.3) is 27.7 Å². The van der Waals surface area contributed by atoms with E-state index in [1.54, 1.807) is 6.20 Å². The summed E-state index contributed by atoms with van der Waals surface area (Å²) in [4.78, 5) is 48.5. The Morgan fingerprint density at radius 3 is 2.68 bits per heavy atom. The Labute approximate surface area is 237 Å². The van der Waals surface area contributed by atoms with E-state index < -0.39 is 11.8 Å². The summed E-state index contributed by atoms with van der Waals surface area (Å²) in [6.45, 7) is 3.94. The Morgan fingerprint density at radius 1 is 1.05 bits per heavy atom. The molecule has 10 heteroatoms. The van der Waals surface area contributed by atoms with Crippen LogP contribution in [-0.2, 0) is 27.5 Å². The number of rotatable bonds is 5. The zero-order chi connectivity index (χ0) is 28.2. The summed E-state index contributed by atoms with van der Waals surface area (Å²) in [5.74, 6) is -0.234. The number of hydrogen-bond acceptors (Lipinski definition) is 6. The van der Waals surface area contributed by atoms with Crippen LogP contribution in [0.4, 0.5) is 0 Å². The number of imidazole rings is 1. The fraction of sp³-hybridized carbons (Fsp3) is 0.355. The van der Waals surface area contributed by atoms with E-state index in [9.17, 15) is 14.4 Å². The van der Waals surface area contributed by atoms with Gasteiger partial charge < -0.3 is 19.7 Å². The molecule has 7 rings (SSSR count). The van der Waals surface area contributed by atoms with Crippen molar-refractivity contribution < 1.29 is 14.4 Å². The van der Waals surface area contributed by atoms with Crippen molar-refractivity contribution in [3.05, 3.63) is 71.8 Å². The van der Waals surface area contributed by atoms with Crippen LogP contribution >= 0.6 is 0 Å². The predicted molar refractivity (Wildman–Crippen MR) is 156 cm³/mol. The lowest BCUT2D eigenvalue weighted by Crippen LogP contribution is -2.48. The zero-order valence-electron chi connectivity index (χ0n) is 23.3. The zero-order valence-corrected chi connectivity index (χ0v) is 23.3. The molecule has 0 bridgehead atoms. The minimum atomic E-state index is -0.434. The minimum Gasteiger partial charge on any atom is -0.345 e. The number of piperidine rings is 1. The third-order valence-electron chi connectivity index (χ3n) is 8.85. The monoisotopic (exact) mass is 551 g/mol. The quantitative estimate of drug-likeness (QED) is 0.369. The van der Waals surface area contributed by atoms with Gasteiger partial charge in [0.15, 0.2) is 0 Å².